The standard InChI is InChI=1S/C16H30N2O/c1-2-13-5-7-15(12-17,8-6-13)16(19)9-11-18-10-3-4-14(16)18/h13-14,19H,2-12,17H2,1H3. The summed E-state index contributed by atoms with van der Waals surface area (Å²) in [7, 11) is 0. The summed E-state index contributed by atoms with van der Waals surface area (Å²) in [5, 5.41) is 11.5. The molecule has 3 fully saturated rings. The molecule has 19 heavy (non-hydrogen) atoms. The lowest BCUT2D eigenvalue weighted by molar-refractivity contribution is -0.119. The molecule has 0 bridgehead atoms. The van der Waals surface area contributed by atoms with Crippen molar-refractivity contribution in [2.45, 2.75) is 69.9 Å². The number of aliphatic hydroxyl groups is 1. The van der Waals surface area contributed by atoms with Crippen LogP contribution in [0.4, 0.5) is 0 Å². The summed E-state index contributed by atoms with van der Waals surface area (Å²) < 4.78 is 0. The van der Waals surface area contributed by atoms with Crippen molar-refractivity contribution >= 4 is 0 Å². The van der Waals surface area contributed by atoms with Crippen molar-refractivity contribution in [2.24, 2.45) is 17.1 Å². The third kappa shape index (κ3) is 1.97. The first kappa shape index (κ1) is 13.8. The normalized spacial score (nSPS) is 47.5. The zero-order valence-electron chi connectivity index (χ0n) is 12.4. The SMILES string of the molecule is CCC1CCC(CN)(C2(O)CCN3CCCC32)CC1. The second-order valence-corrected chi connectivity index (χ2v) is 7.20. The molecule has 0 aromatic rings. The highest BCUT2D eigenvalue weighted by Gasteiger charge is 2.59. The fourth-order valence-corrected chi connectivity index (χ4v) is 5.19. The average Bonchev–Trinajstić information content (AvgIpc) is 3.04. The first-order valence-corrected chi connectivity index (χ1v) is 8.32. The highest BCUT2D eigenvalue weighted by Crippen LogP contribution is 2.54. The Kier molecular flexibility index (Phi) is 3.65. The molecule has 2 aliphatic heterocycles. The molecule has 3 heteroatoms. The van der Waals surface area contributed by atoms with Gasteiger partial charge in [-0.1, -0.05) is 13.3 Å². The summed E-state index contributed by atoms with van der Waals surface area (Å²) in [6.07, 6.45) is 9.48. The van der Waals surface area contributed by atoms with E-state index in [1.807, 2.05) is 0 Å². The summed E-state index contributed by atoms with van der Waals surface area (Å²) in [6.45, 7) is 5.23. The molecule has 0 amide bonds. The van der Waals surface area contributed by atoms with Crippen LogP contribution in [0.15, 0.2) is 0 Å². The Hall–Kier alpha value is -0.120. The molecule has 110 valence electrons. The monoisotopic (exact) mass is 266 g/mol. The molecular formula is C16H30N2O. The summed E-state index contributed by atoms with van der Waals surface area (Å²) in [4.78, 5) is 2.52. The molecule has 1 saturated carbocycles. The number of nitrogens with two attached hydrogens (primary N) is 1. The Labute approximate surface area is 117 Å². The van der Waals surface area contributed by atoms with E-state index in [1.165, 1.54) is 38.6 Å². The maximum absolute atomic E-state index is 11.5. The fourth-order valence-electron chi connectivity index (χ4n) is 5.19. The Morgan fingerprint density at radius 2 is 1.89 bits per heavy atom. The van der Waals surface area contributed by atoms with Crippen molar-refractivity contribution in [1.82, 2.24) is 4.90 Å². The van der Waals surface area contributed by atoms with Crippen molar-refractivity contribution in [1.29, 1.82) is 0 Å². The average molecular weight is 266 g/mol. The molecule has 2 heterocycles. The van der Waals surface area contributed by atoms with Gasteiger partial charge in [0.05, 0.1) is 5.60 Å². The van der Waals surface area contributed by atoms with Gasteiger partial charge in [-0.25, -0.2) is 0 Å². The topological polar surface area (TPSA) is 49.5 Å². The van der Waals surface area contributed by atoms with E-state index in [4.69, 9.17) is 5.73 Å². The van der Waals surface area contributed by atoms with Crippen LogP contribution in [0.1, 0.15) is 58.3 Å². The van der Waals surface area contributed by atoms with Gasteiger partial charge < -0.3 is 10.8 Å². The van der Waals surface area contributed by atoms with E-state index in [0.29, 0.717) is 12.6 Å². The van der Waals surface area contributed by atoms with Gasteiger partial charge in [0.2, 0.25) is 0 Å². The van der Waals surface area contributed by atoms with Gasteiger partial charge in [-0.05, 0) is 57.4 Å². The lowest BCUT2D eigenvalue weighted by Gasteiger charge is -2.51. The molecule has 1 aliphatic carbocycles. The van der Waals surface area contributed by atoms with Crippen LogP contribution in [-0.2, 0) is 0 Å². The van der Waals surface area contributed by atoms with Gasteiger partial charge in [-0.3, -0.25) is 4.90 Å². The van der Waals surface area contributed by atoms with E-state index >= 15 is 0 Å². The van der Waals surface area contributed by atoms with Gasteiger partial charge in [0, 0.05) is 24.5 Å². The van der Waals surface area contributed by atoms with Crippen LogP contribution in [0.5, 0.6) is 0 Å². The van der Waals surface area contributed by atoms with Crippen LogP contribution in [0, 0.1) is 11.3 Å². The number of nitrogens with zero attached hydrogens (tertiary/aromatic N) is 1. The van der Waals surface area contributed by atoms with Crippen LogP contribution < -0.4 is 5.73 Å². The second kappa shape index (κ2) is 5.01. The van der Waals surface area contributed by atoms with Gasteiger partial charge in [-0.15, -0.1) is 0 Å². The number of hydrogen-bond donors (Lipinski definition) is 2. The van der Waals surface area contributed by atoms with E-state index in [-0.39, 0.29) is 5.41 Å². The fraction of sp³-hybridized carbons (Fsp3) is 1.00. The van der Waals surface area contributed by atoms with Gasteiger partial charge in [0.25, 0.3) is 0 Å². The van der Waals surface area contributed by atoms with E-state index < -0.39 is 5.60 Å². The minimum absolute atomic E-state index is 0.00241. The van der Waals surface area contributed by atoms with Crippen LogP contribution >= 0.6 is 0 Å². The van der Waals surface area contributed by atoms with E-state index in [9.17, 15) is 5.11 Å². The quantitative estimate of drug-likeness (QED) is 0.823. The molecule has 3 aliphatic rings. The molecule has 2 unspecified atom stereocenters. The summed E-state index contributed by atoms with van der Waals surface area (Å²) in [6, 6.07) is 0.397. The minimum Gasteiger partial charge on any atom is -0.388 e. The molecule has 2 saturated heterocycles. The van der Waals surface area contributed by atoms with Crippen molar-refractivity contribution in [3.8, 4) is 0 Å². The Balaban J connectivity index is 1.81. The zero-order chi connectivity index (χ0) is 13.5. The third-order valence-electron chi connectivity index (χ3n) is 6.64. The van der Waals surface area contributed by atoms with E-state index in [1.54, 1.807) is 0 Å². The number of hydrogen-bond acceptors (Lipinski definition) is 3. The van der Waals surface area contributed by atoms with Crippen LogP contribution in [0.2, 0.25) is 0 Å². The summed E-state index contributed by atoms with van der Waals surface area (Å²) >= 11 is 0. The van der Waals surface area contributed by atoms with Crippen LogP contribution in [0.25, 0.3) is 0 Å². The summed E-state index contributed by atoms with van der Waals surface area (Å²) in [5.41, 5.74) is 5.69. The maximum atomic E-state index is 11.5. The second-order valence-electron chi connectivity index (χ2n) is 7.20. The smallest absolute Gasteiger partial charge is 0.0882 e. The highest BCUT2D eigenvalue weighted by atomic mass is 16.3. The molecule has 2 atom stereocenters. The Morgan fingerprint density at radius 3 is 2.53 bits per heavy atom. The molecule has 0 aromatic heterocycles. The van der Waals surface area contributed by atoms with Crippen LogP contribution in [-0.4, -0.2) is 41.3 Å². The molecule has 0 spiro atoms. The summed E-state index contributed by atoms with van der Waals surface area (Å²) in [5.74, 6) is 0.865. The molecule has 0 radical (unpaired) electrons. The lowest BCUT2D eigenvalue weighted by Crippen LogP contribution is -2.59. The zero-order valence-corrected chi connectivity index (χ0v) is 12.4. The molecule has 3 N–H and O–H groups in total. The van der Waals surface area contributed by atoms with Crippen molar-refractivity contribution in [2.75, 3.05) is 19.6 Å². The van der Waals surface area contributed by atoms with Crippen molar-refractivity contribution in [3.63, 3.8) is 0 Å². The van der Waals surface area contributed by atoms with Gasteiger partial charge >= 0.3 is 0 Å². The van der Waals surface area contributed by atoms with E-state index in [2.05, 4.69) is 11.8 Å². The van der Waals surface area contributed by atoms with Crippen molar-refractivity contribution < 1.29 is 5.11 Å². The number of rotatable bonds is 3. The van der Waals surface area contributed by atoms with Crippen LogP contribution in [0.3, 0.4) is 0 Å². The minimum atomic E-state index is -0.503. The lowest BCUT2D eigenvalue weighted by atomic mass is 9.58. The predicted molar refractivity (Wildman–Crippen MR) is 77.9 cm³/mol. The molecule has 3 nitrogen and oxygen atoms in total. The Morgan fingerprint density at radius 1 is 1.16 bits per heavy atom. The van der Waals surface area contributed by atoms with Gasteiger partial charge in [0.1, 0.15) is 0 Å². The van der Waals surface area contributed by atoms with Gasteiger partial charge in [-0.2, -0.15) is 0 Å². The third-order valence-corrected chi connectivity index (χ3v) is 6.64. The first-order valence-electron chi connectivity index (χ1n) is 8.32. The maximum Gasteiger partial charge on any atom is 0.0882 e. The molecule has 3 rings (SSSR count). The predicted octanol–water partition coefficient (Wildman–Crippen LogP) is 2.13. The van der Waals surface area contributed by atoms with Crippen molar-refractivity contribution in [3.05, 3.63) is 0 Å². The van der Waals surface area contributed by atoms with Gasteiger partial charge in [0.15, 0.2) is 0 Å². The Bertz CT molecular complexity index is 325. The molecule has 0 aromatic carbocycles. The van der Waals surface area contributed by atoms with E-state index in [0.717, 1.165) is 31.7 Å². The first-order chi connectivity index (χ1) is 9.15. The molecular weight excluding hydrogens is 236 g/mol. The largest absolute Gasteiger partial charge is 0.388 e. The number of fused-ring (bicyclic) bond motifs is 1. The highest BCUT2D eigenvalue weighted by molar-refractivity contribution is 5.13.